The number of aryl methyl sites for hydroxylation is 1. The number of anilines is 2. The van der Waals surface area contributed by atoms with Gasteiger partial charge >= 0.3 is 0 Å². The van der Waals surface area contributed by atoms with Crippen molar-refractivity contribution in [1.29, 1.82) is 0 Å². The number of benzene rings is 3. The van der Waals surface area contributed by atoms with Crippen LogP contribution in [0.5, 0.6) is 0 Å². The van der Waals surface area contributed by atoms with Crippen LogP contribution in [0, 0.1) is 6.92 Å². The van der Waals surface area contributed by atoms with Crippen molar-refractivity contribution >= 4 is 11.4 Å². The molecule has 0 aliphatic rings. The van der Waals surface area contributed by atoms with Gasteiger partial charge in [0.25, 0.3) is 0 Å². The van der Waals surface area contributed by atoms with Gasteiger partial charge < -0.3 is 5.32 Å². The number of rotatable bonds is 3. The van der Waals surface area contributed by atoms with Gasteiger partial charge in [0.2, 0.25) is 0 Å². The van der Waals surface area contributed by atoms with Crippen molar-refractivity contribution in [1.82, 2.24) is 0 Å². The third-order valence-electron chi connectivity index (χ3n) is 3.34. The molecule has 0 bridgehead atoms. The third kappa shape index (κ3) is 3.98. The summed E-state index contributed by atoms with van der Waals surface area (Å²) in [4.78, 5) is 0. The normalized spacial score (nSPS) is 9.59. The summed E-state index contributed by atoms with van der Waals surface area (Å²) >= 11 is 0. The fourth-order valence-corrected chi connectivity index (χ4v) is 2.25. The number of nitrogens with one attached hydrogen (secondary N) is 1. The van der Waals surface area contributed by atoms with Gasteiger partial charge in [-0.3, -0.25) is 0 Å². The predicted octanol–water partition coefficient (Wildman–Crippen LogP) is 6.43. The molecule has 22 heavy (non-hydrogen) atoms. The van der Waals surface area contributed by atoms with Gasteiger partial charge in [-0.25, -0.2) is 0 Å². The lowest BCUT2D eigenvalue weighted by Crippen LogP contribution is -1.93. The summed E-state index contributed by atoms with van der Waals surface area (Å²) in [5.41, 5.74) is 5.95. The fourth-order valence-electron chi connectivity index (χ4n) is 2.25. The van der Waals surface area contributed by atoms with Crippen molar-refractivity contribution < 1.29 is 0 Å². The van der Waals surface area contributed by atoms with Crippen molar-refractivity contribution in [2.75, 3.05) is 5.32 Å². The van der Waals surface area contributed by atoms with Crippen LogP contribution in [0.15, 0.2) is 78.9 Å². The van der Waals surface area contributed by atoms with E-state index in [4.69, 9.17) is 0 Å². The second-order valence-electron chi connectivity index (χ2n) is 4.90. The molecule has 1 nitrogen and oxygen atoms in total. The van der Waals surface area contributed by atoms with Crippen LogP contribution in [0.4, 0.5) is 11.4 Å². The molecule has 0 fully saturated rings. The molecule has 0 saturated carbocycles. The van der Waals surface area contributed by atoms with Gasteiger partial charge in [-0.05, 0) is 30.7 Å². The molecule has 0 aliphatic heterocycles. The Morgan fingerprint density at radius 3 is 1.91 bits per heavy atom. The van der Waals surface area contributed by atoms with Crippen LogP contribution in [-0.2, 0) is 0 Å². The summed E-state index contributed by atoms with van der Waals surface area (Å²) in [6, 6.07) is 27.3. The van der Waals surface area contributed by atoms with E-state index < -0.39 is 0 Å². The highest BCUT2D eigenvalue weighted by atomic mass is 14.9. The van der Waals surface area contributed by atoms with Crippen LogP contribution < -0.4 is 5.32 Å². The molecule has 3 aromatic carbocycles. The topological polar surface area (TPSA) is 12.0 Å². The molecular weight excluding hydrogens is 266 g/mol. The Balaban J connectivity index is 0.000000847. The summed E-state index contributed by atoms with van der Waals surface area (Å²) in [7, 11) is 0. The van der Waals surface area contributed by atoms with E-state index >= 15 is 0 Å². The molecule has 3 rings (SSSR count). The molecule has 0 spiro atoms. The number of hydrogen-bond acceptors (Lipinski definition) is 1. The molecule has 1 N–H and O–H groups in total. The van der Waals surface area contributed by atoms with E-state index in [9.17, 15) is 0 Å². The van der Waals surface area contributed by atoms with Crippen molar-refractivity contribution in [2.24, 2.45) is 0 Å². The molecule has 0 aliphatic carbocycles. The van der Waals surface area contributed by atoms with Gasteiger partial charge in [-0.15, -0.1) is 0 Å². The van der Waals surface area contributed by atoms with E-state index in [-0.39, 0.29) is 0 Å². The average molecular weight is 289 g/mol. The standard InChI is InChI=1S/C19H17N.C2H6/c1-15-11-13-17(14-12-15)20-19-10-6-5-9-18(19)16-7-3-2-4-8-16;1-2/h2-14,20H,1H3;1-2H3. The molecule has 112 valence electrons. The first-order valence-corrected chi connectivity index (χ1v) is 7.81. The minimum Gasteiger partial charge on any atom is -0.355 e. The monoisotopic (exact) mass is 289 g/mol. The van der Waals surface area contributed by atoms with Crippen molar-refractivity contribution in [3.63, 3.8) is 0 Å². The highest BCUT2D eigenvalue weighted by Gasteiger charge is 2.04. The van der Waals surface area contributed by atoms with Gasteiger partial charge in [0.1, 0.15) is 0 Å². The van der Waals surface area contributed by atoms with E-state index in [1.807, 2.05) is 19.9 Å². The Labute approximate surface area is 133 Å². The highest BCUT2D eigenvalue weighted by Crippen LogP contribution is 2.29. The SMILES string of the molecule is CC.Cc1ccc(Nc2ccccc2-c2ccccc2)cc1. The summed E-state index contributed by atoms with van der Waals surface area (Å²) in [6.45, 7) is 6.10. The molecule has 0 saturated heterocycles. The van der Waals surface area contributed by atoms with E-state index in [0.29, 0.717) is 0 Å². The maximum atomic E-state index is 3.50. The number of para-hydroxylation sites is 1. The van der Waals surface area contributed by atoms with Crippen LogP contribution >= 0.6 is 0 Å². The minimum absolute atomic E-state index is 1.11. The van der Waals surface area contributed by atoms with Gasteiger partial charge in [0, 0.05) is 16.9 Å². The van der Waals surface area contributed by atoms with Crippen LogP contribution in [-0.4, -0.2) is 0 Å². The zero-order valence-corrected chi connectivity index (χ0v) is 13.5. The maximum absolute atomic E-state index is 3.50. The van der Waals surface area contributed by atoms with E-state index in [2.05, 4.69) is 85.0 Å². The van der Waals surface area contributed by atoms with E-state index in [0.717, 1.165) is 11.4 Å². The molecule has 0 aromatic heterocycles. The second-order valence-corrected chi connectivity index (χ2v) is 4.90. The Kier molecular flexibility index (Phi) is 5.79. The Hall–Kier alpha value is -2.54. The Morgan fingerprint density at radius 1 is 0.636 bits per heavy atom. The summed E-state index contributed by atoms with van der Waals surface area (Å²) in [6.07, 6.45) is 0. The fraction of sp³-hybridized carbons (Fsp3) is 0.143. The lowest BCUT2D eigenvalue weighted by atomic mass is 10.0. The van der Waals surface area contributed by atoms with Gasteiger partial charge in [-0.2, -0.15) is 0 Å². The predicted molar refractivity (Wildman–Crippen MR) is 97.7 cm³/mol. The quantitative estimate of drug-likeness (QED) is 0.585. The molecular formula is C21H23N. The highest BCUT2D eigenvalue weighted by molar-refractivity contribution is 5.80. The molecule has 3 aromatic rings. The molecule has 0 radical (unpaired) electrons. The van der Waals surface area contributed by atoms with E-state index in [1.54, 1.807) is 0 Å². The molecule has 0 amide bonds. The summed E-state index contributed by atoms with van der Waals surface area (Å²) in [5.74, 6) is 0. The van der Waals surface area contributed by atoms with Gasteiger partial charge in [-0.1, -0.05) is 80.1 Å². The summed E-state index contributed by atoms with van der Waals surface area (Å²) < 4.78 is 0. The first kappa shape index (κ1) is 15.8. The summed E-state index contributed by atoms with van der Waals surface area (Å²) in [5, 5.41) is 3.50. The zero-order chi connectivity index (χ0) is 15.8. The largest absolute Gasteiger partial charge is 0.355 e. The first-order chi connectivity index (χ1) is 10.8. The number of hydrogen-bond donors (Lipinski definition) is 1. The molecule has 0 heterocycles. The van der Waals surface area contributed by atoms with Crippen LogP contribution in [0.1, 0.15) is 19.4 Å². The maximum Gasteiger partial charge on any atom is 0.0463 e. The van der Waals surface area contributed by atoms with E-state index in [1.165, 1.54) is 16.7 Å². The van der Waals surface area contributed by atoms with Crippen molar-refractivity contribution in [3.8, 4) is 11.1 Å². The molecule has 1 heteroatoms. The van der Waals surface area contributed by atoms with Crippen molar-refractivity contribution in [2.45, 2.75) is 20.8 Å². The van der Waals surface area contributed by atoms with Crippen LogP contribution in [0.2, 0.25) is 0 Å². The third-order valence-corrected chi connectivity index (χ3v) is 3.34. The second kappa shape index (κ2) is 8.04. The molecule has 0 unspecified atom stereocenters. The lowest BCUT2D eigenvalue weighted by molar-refractivity contribution is 1.45. The average Bonchev–Trinajstić information content (AvgIpc) is 2.60. The smallest absolute Gasteiger partial charge is 0.0463 e. The van der Waals surface area contributed by atoms with Crippen LogP contribution in [0.3, 0.4) is 0 Å². The lowest BCUT2D eigenvalue weighted by Gasteiger charge is -2.12. The molecule has 0 atom stereocenters. The van der Waals surface area contributed by atoms with Crippen LogP contribution in [0.25, 0.3) is 11.1 Å². The van der Waals surface area contributed by atoms with Gasteiger partial charge in [0.15, 0.2) is 0 Å². The van der Waals surface area contributed by atoms with Crippen molar-refractivity contribution in [3.05, 3.63) is 84.4 Å². The Morgan fingerprint density at radius 2 is 1.23 bits per heavy atom. The first-order valence-electron chi connectivity index (χ1n) is 7.81. The zero-order valence-electron chi connectivity index (χ0n) is 13.5. The van der Waals surface area contributed by atoms with Gasteiger partial charge in [0.05, 0.1) is 0 Å². The minimum atomic E-state index is 1.11. The Bertz CT molecular complexity index is 685.